The van der Waals surface area contributed by atoms with Crippen molar-refractivity contribution in [2.45, 2.75) is 51.2 Å². The van der Waals surface area contributed by atoms with Gasteiger partial charge in [-0.25, -0.2) is 0 Å². The summed E-state index contributed by atoms with van der Waals surface area (Å²) in [5.74, 6) is 0.722. The van der Waals surface area contributed by atoms with Crippen LogP contribution in [0.4, 0.5) is 0 Å². The summed E-state index contributed by atoms with van der Waals surface area (Å²) in [6.45, 7) is 0.624. The molecule has 2 N–H and O–H groups in total. The van der Waals surface area contributed by atoms with Gasteiger partial charge in [-0.15, -0.1) is 0 Å². The fourth-order valence-electron chi connectivity index (χ4n) is 2.65. The average Bonchev–Trinajstić information content (AvgIpc) is 2.73. The Morgan fingerprint density at radius 1 is 1.25 bits per heavy atom. The molecule has 1 fully saturated rings. The van der Waals surface area contributed by atoms with Gasteiger partial charge in [-0.2, -0.15) is 0 Å². The Hall–Kier alpha value is -1.13. The van der Waals surface area contributed by atoms with Crippen molar-refractivity contribution in [2.24, 2.45) is 5.73 Å². The molecule has 1 aromatic carbocycles. The van der Waals surface area contributed by atoms with Crippen LogP contribution in [0.5, 0.6) is 5.75 Å². The van der Waals surface area contributed by atoms with Crippen molar-refractivity contribution in [2.75, 3.05) is 7.11 Å². The molecule has 0 aromatic heterocycles. The number of ether oxygens (including phenoxy) is 2. The van der Waals surface area contributed by atoms with Crippen LogP contribution in [0.15, 0.2) is 18.2 Å². The Morgan fingerprint density at radius 3 is 2.55 bits per heavy atom. The second-order valence-electron chi connectivity index (χ2n) is 5.32. The van der Waals surface area contributed by atoms with Gasteiger partial charge >= 0.3 is 0 Å². The monoisotopic (exact) mass is 293 g/mol. The smallest absolute Gasteiger partial charge is 0.129 e. The van der Waals surface area contributed by atoms with Gasteiger partial charge in [0.15, 0.2) is 0 Å². The largest absolute Gasteiger partial charge is 0.496 e. The molecule has 0 unspecified atom stereocenters. The summed E-state index contributed by atoms with van der Waals surface area (Å²) in [7, 11) is 1.63. The molecular weight excluding hydrogens is 270 g/mol. The van der Waals surface area contributed by atoms with Crippen molar-refractivity contribution in [1.82, 2.24) is 0 Å². The molecule has 2 rings (SSSR count). The first-order valence-corrected chi connectivity index (χ1v) is 7.70. The van der Waals surface area contributed by atoms with E-state index in [-0.39, 0.29) is 0 Å². The predicted molar refractivity (Wildman–Crippen MR) is 85.2 cm³/mol. The lowest BCUT2D eigenvalue weighted by Gasteiger charge is -2.16. The Balaban J connectivity index is 1.97. The third-order valence-corrected chi connectivity index (χ3v) is 4.04. The molecule has 3 nitrogen and oxygen atoms in total. The van der Waals surface area contributed by atoms with Crippen molar-refractivity contribution in [3.8, 4) is 5.75 Å². The number of methoxy groups -OCH3 is 1. The minimum absolute atomic E-state index is 0.359. The molecule has 0 saturated heterocycles. The molecule has 0 heterocycles. The normalized spacial score (nSPS) is 16.6. The van der Waals surface area contributed by atoms with Crippen LogP contribution < -0.4 is 10.5 Å². The van der Waals surface area contributed by atoms with Gasteiger partial charge in [0, 0.05) is 0 Å². The molecule has 0 aliphatic heterocycles. The summed E-state index contributed by atoms with van der Waals surface area (Å²) in [4.78, 5) is 0.359. The van der Waals surface area contributed by atoms with E-state index >= 15 is 0 Å². The topological polar surface area (TPSA) is 44.5 Å². The summed E-state index contributed by atoms with van der Waals surface area (Å²) >= 11 is 5.01. The van der Waals surface area contributed by atoms with Gasteiger partial charge in [-0.1, -0.05) is 44.0 Å². The fraction of sp³-hybridized carbons (Fsp3) is 0.562. The highest BCUT2D eigenvalue weighted by Crippen LogP contribution is 2.23. The maximum atomic E-state index is 6.03. The van der Waals surface area contributed by atoms with Gasteiger partial charge in [0.2, 0.25) is 0 Å². The van der Waals surface area contributed by atoms with Crippen molar-refractivity contribution in [3.63, 3.8) is 0 Å². The maximum Gasteiger partial charge on any atom is 0.129 e. The lowest BCUT2D eigenvalue weighted by molar-refractivity contribution is 0.0309. The van der Waals surface area contributed by atoms with Crippen LogP contribution in [0.2, 0.25) is 0 Å². The van der Waals surface area contributed by atoms with E-state index in [9.17, 15) is 0 Å². The second kappa shape index (κ2) is 7.60. The van der Waals surface area contributed by atoms with E-state index in [0.717, 1.165) is 16.9 Å². The highest BCUT2D eigenvalue weighted by molar-refractivity contribution is 7.80. The number of thiocarbonyl (C=S) groups is 1. The summed E-state index contributed by atoms with van der Waals surface area (Å²) in [6.07, 6.45) is 8.03. The van der Waals surface area contributed by atoms with Gasteiger partial charge in [0.25, 0.3) is 0 Å². The Labute approximate surface area is 126 Å². The standard InChI is InChI=1S/C16H23NO2S/c1-18-15-10-12(8-9-14(15)16(17)20)11-19-13-6-4-2-3-5-7-13/h8-10,13H,2-7,11H2,1H3,(H2,17,20). The maximum absolute atomic E-state index is 6.03. The first kappa shape index (κ1) is 15.3. The first-order chi connectivity index (χ1) is 9.70. The van der Waals surface area contributed by atoms with E-state index in [0.29, 0.717) is 17.7 Å². The highest BCUT2D eigenvalue weighted by Gasteiger charge is 2.13. The molecule has 110 valence electrons. The SMILES string of the molecule is COc1cc(COC2CCCCCC2)ccc1C(N)=S. The molecule has 0 atom stereocenters. The van der Waals surface area contributed by atoms with E-state index in [4.69, 9.17) is 27.4 Å². The van der Waals surface area contributed by atoms with Crippen LogP contribution in [0, 0.1) is 0 Å². The molecule has 0 amide bonds. The van der Waals surface area contributed by atoms with Crippen LogP contribution in [0.1, 0.15) is 49.7 Å². The Morgan fingerprint density at radius 2 is 1.95 bits per heavy atom. The van der Waals surface area contributed by atoms with Crippen molar-refractivity contribution < 1.29 is 9.47 Å². The van der Waals surface area contributed by atoms with Crippen molar-refractivity contribution >= 4 is 17.2 Å². The zero-order valence-corrected chi connectivity index (χ0v) is 12.9. The Bertz CT molecular complexity index is 454. The van der Waals surface area contributed by atoms with Gasteiger partial charge in [-0.05, 0) is 30.5 Å². The number of hydrogen-bond acceptors (Lipinski definition) is 3. The quantitative estimate of drug-likeness (QED) is 0.666. The third kappa shape index (κ3) is 4.18. The fourth-order valence-corrected chi connectivity index (χ4v) is 2.82. The second-order valence-corrected chi connectivity index (χ2v) is 5.76. The van der Waals surface area contributed by atoms with Crippen molar-refractivity contribution in [1.29, 1.82) is 0 Å². The van der Waals surface area contributed by atoms with E-state index in [1.807, 2.05) is 18.2 Å². The summed E-state index contributed by atoms with van der Waals surface area (Å²) in [5, 5.41) is 0. The highest BCUT2D eigenvalue weighted by atomic mass is 32.1. The van der Waals surface area contributed by atoms with Gasteiger partial charge < -0.3 is 15.2 Å². The minimum atomic E-state index is 0.359. The minimum Gasteiger partial charge on any atom is -0.496 e. The number of benzene rings is 1. The van der Waals surface area contributed by atoms with Gasteiger partial charge in [0.1, 0.15) is 10.7 Å². The number of nitrogens with two attached hydrogens (primary N) is 1. The van der Waals surface area contributed by atoms with E-state index in [2.05, 4.69) is 0 Å². The zero-order chi connectivity index (χ0) is 14.4. The lowest BCUT2D eigenvalue weighted by Crippen LogP contribution is -2.13. The molecular formula is C16H23NO2S. The number of rotatable bonds is 5. The first-order valence-electron chi connectivity index (χ1n) is 7.29. The zero-order valence-electron chi connectivity index (χ0n) is 12.1. The lowest BCUT2D eigenvalue weighted by atomic mass is 10.1. The van der Waals surface area contributed by atoms with Crippen LogP contribution in [0.3, 0.4) is 0 Å². The van der Waals surface area contributed by atoms with Gasteiger partial charge in [-0.3, -0.25) is 0 Å². The average molecular weight is 293 g/mol. The summed E-state index contributed by atoms with van der Waals surface area (Å²) in [6, 6.07) is 5.88. The molecule has 4 heteroatoms. The predicted octanol–water partition coefficient (Wildman–Crippen LogP) is 3.57. The Kier molecular flexibility index (Phi) is 5.80. The summed E-state index contributed by atoms with van der Waals surface area (Å²) < 4.78 is 11.4. The van der Waals surface area contributed by atoms with Crippen LogP contribution in [-0.2, 0) is 11.3 Å². The molecule has 1 saturated carbocycles. The molecule has 1 aromatic rings. The molecule has 20 heavy (non-hydrogen) atoms. The molecule has 0 radical (unpaired) electrons. The van der Waals surface area contributed by atoms with Crippen LogP contribution in [-0.4, -0.2) is 18.2 Å². The van der Waals surface area contributed by atoms with Crippen molar-refractivity contribution in [3.05, 3.63) is 29.3 Å². The van der Waals surface area contributed by atoms with Gasteiger partial charge in [0.05, 0.1) is 25.4 Å². The molecule has 1 aliphatic rings. The number of hydrogen-bond donors (Lipinski definition) is 1. The van der Waals surface area contributed by atoms with E-state index in [1.165, 1.54) is 38.5 Å². The van der Waals surface area contributed by atoms with Crippen LogP contribution in [0.25, 0.3) is 0 Å². The molecule has 1 aliphatic carbocycles. The molecule has 0 bridgehead atoms. The molecule has 0 spiro atoms. The van der Waals surface area contributed by atoms with E-state index < -0.39 is 0 Å². The van der Waals surface area contributed by atoms with E-state index in [1.54, 1.807) is 7.11 Å². The third-order valence-electron chi connectivity index (χ3n) is 3.82. The summed E-state index contributed by atoms with van der Waals surface area (Å²) in [5.41, 5.74) is 7.55. The van der Waals surface area contributed by atoms with Crippen LogP contribution >= 0.6 is 12.2 Å².